The van der Waals surface area contributed by atoms with Crippen LogP contribution in [0.4, 0.5) is 0 Å². The Hall–Kier alpha value is -0.870. The molecular formula is C16H25NO2S. The number of nitrogens with one attached hydrogen (secondary N) is 1. The molecule has 0 saturated heterocycles. The molecule has 1 aliphatic carbocycles. The van der Waals surface area contributed by atoms with Crippen LogP contribution in [0.25, 0.3) is 0 Å². The van der Waals surface area contributed by atoms with Crippen molar-refractivity contribution in [3.05, 3.63) is 23.8 Å². The van der Waals surface area contributed by atoms with Crippen LogP contribution in [-0.4, -0.2) is 31.3 Å². The van der Waals surface area contributed by atoms with Gasteiger partial charge in [-0.15, -0.1) is 0 Å². The summed E-state index contributed by atoms with van der Waals surface area (Å²) < 4.78 is 11.2. The Morgan fingerprint density at radius 1 is 1.35 bits per heavy atom. The van der Waals surface area contributed by atoms with Crippen molar-refractivity contribution in [3.63, 3.8) is 0 Å². The lowest BCUT2D eigenvalue weighted by Gasteiger charge is -2.13. The molecule has 4 heteroatoms. The molecule has 0 unspecified atom stereocenters. The SMILES string of the molecule is CCSCCCOc1ccc(OC)cc1CNC1CC1. The van der Waals surface area contributed by atoms with Crippen molar-refractivity contribution in [2.45, 2.75) is 38.8 Å². The fraction of sp³-hybridized carbons (Fsp3) is 0.625. The highest BCUT2D eigenvalue weighted by Gasteiger charge is 2.20. The highest BCUT2D eigenvalue weighted by atomic mass is 32.2. The highest BCUT2D eigenvalue weighted by Crippen LogP contribution is 2.26. The van der Waals surface area contributed by atoms with Gasteiger partial charge in [0.25, 0.3) is 0 Å². The van der Waals surface area contributed by atoms with E-state index in [9.17, 15) is 0 Å². The summed E-state index contributed by atoms with van der Waals surface area (Å²) in [7, 11) is 1.70. The average molecular weight is 295 g/mol. The maximum Gasteiger partial charge on any atom is 0.124 e. The standard InChI is InChI=1S/C16H25NO2S/c1-3-20-10-4-9-19-16-8-7-15(18-2)11-13(16)12-17-14-5-6-14/h7-8,11,14,17H,3-6,9-10,12H2,1-2H3. The van der Waals surface area contributed by atoms with Gasteiger partial charge in [-0.05, 0) is 49.0 Å². The molecule has 1 N–H and O–H groups in total. The third-order valence-corrected chi connectivity index (χ3v) is 4.31. The molecule has 1 aromatic carbocycles. The van der Waals surface area contributed by atoms with E-state index in [2.05, 4.69) is 18.3 Å². The predicted octanol–water partition coefficient (Wildman–Crippen LogP) is 3.47. The number of ether oxygens (including phenoxy) is 2. The van der Waals surface area contributed by atoms with Crippen LogP contribution in [0.15, 0.2) is 18.2 Å². The number of hydrogen-bond acceptors (Lipinski definition) is 4. The van der Waals surface area contributed by atoms with Gasteiger partial charge in [0.2, 0.25) is 0 Å². The molecule has 0 aliphatic heterocycles. The molecule has 0 atom stereocenters. The van der Waals surface area contributed by atoms with E-state index in [-0.39, 0.29) is 0 Å². The number of methoxy groups -OCH3 is 1. The lowest BCUT2D eigenvalue weighted by Crippen LogP contribution is -2.16. The summed E-state index contributed by atoms with van der Waals surface area (Å²) in [4.78, 5) is 0. The molecule has 0 radical (unpaired) electrons. The van der Waals surface area contributed by atoms with Gasteiger partial charge in [0.15, 0.2) is 0 Å². The zero-order valence-electron chi connectivity index (χ0n) is 12.5. The smallest absolute Gasteiger partial charge is 0.124 e. The van der Waals surface area contributed by atoms with Gasteiger partial charge in [-0.25, -0.2) is 0 Å². The fourth-order valence-electron chi connectivity index (χ4n) is 1.99. The second kappa shape index (κ2) is 8.42. The zero-order valence-corrected chi connectivity index (χ0v) is 13.3. The first-order chi connectivity index (χ1) is 9.83. The third-order valence-electron chi connectivity index (χ3n) is 3.32. The summed E-state index contributed by atoms with van der Waals surface area (Å²) >= 11 is 1.96. The molecule has 1 aliphatic rings. The van der Waals surface area contributed by atoms with E-state index in [1.165, 1.54) is 29.9 Å². The van der Waals surface area contributed by atoms with Crippen LogP contribution < -0.4 is 14.8 Å². The maximum absolute atomic E-state index is 5.93. The van der Waals surface area contributed by atoms with E-state index in [1.54, 1.807) is 7.11 Å². The summed E-state index contributed by atoms with van der Waals surface area (Å²) in [5, 5.41) is 3.54. The fourth-order valence-corrected chi connectivity index (χ4v) is 2.60. The topological polar surface area (TPSA) is 30.5 Å². The molecule has 0 bridgehead atoms. The number of benzene rings is 1. The average Bonchev–Trinajstić information content (AvgIpc) is 3.30. The van der Waals surface area contributed by atoms with E-state index in [0.29, 0.717) is 6.04 Å². The molecule has 0 aromatic heterocycles. The summed E-state index contributed by atoms with van der Waals surface area (Å²) in [5.41, 5.74) is 1.19. The minimum Gasteiger partial charge on any atom is -0.497 e. The third kappa shape index (κ3) is 5.25. The van der Waals surface area contributed by atoms with Crippen molar-refractivity contribution in [3.8, 4) is 11.5 Å². The van der Waals surface area contributed by atoms with Crippen molar-refractivity contribution in [1.29, 1.82) is 0 Å². The van der Waals surface area contributed by atoms with Gasteiger partial charge in [-0.3, -0.25) is 0 Å². The molecule has 0 spiro atoms. The lowest BCUT2D eigenvalue weighted by atomic mass is 10.2. The van der Waals surface area contributed by atoms with Crippen LogP contribution in [0, 0.1) is 0 Å². The van der Waals surface area contributed by atoms with Gasteiger partial charge in [0.1, 0.15) is 11.5 Å². The van der Waals surface area contributed by atoms with Crippen LogP contribution >= 0.6 is 11.8 Å². The van der Waals surface area contributed by atoms with E-state index >= 15 is 0 Å². The zero-order chi connectivity index (χ0) is 14.2. The van der Waals surface area contributed by atoms with E-state index in [4.69, 9.17) is 9.47 Å². The van der Waals surface area contributed by atoms with Crippen molar-refractivity contribution in [2.24, 2.45) is 0 Å². The first-order valence-electron chi connectivity index (χ1n) is 7.44. The molecule has 2 rings (SSSR count). The van der Waals surface area contributed by atoms with Gasteiger partial charge < -0.3 is 14.8 Å². The van der Waals surface area contributed by atoms with Crippen molar-refractivity contribution in [1.82, 2.24) is 5.32 Å². The van der Waals surface area contributed by atoms with Gasteiger partial charge in [-0.1, -0.05) is 6.92 Å². The summed E-state index contributed by atoms with van der Waals surface area (Å²) in [6.07, 6.45) is 3.70. The van der Waals surface area contributed by atoms with Crippen molar-refractivity contribution < 1.29 is 9.47 Å². The van der Waals surface area contributed by atoms with E-state index < -0.39 is 0 Å². The quantitative estimate of drug-likeness (QED) is 0.670. The number of thioether (sulfide) groups is 1. The van der Waals surface area contributed by atoms with Crippen LogP contribution in [0.1, 0.15) is 31.7 Å². The molecule has 1 fully saturated rings. The normalized spacial score (nSPS) is 14.3. The summed E-state index contributed by atoms with van der Waals surface area (Å²) in [6, 6.07) is 6.77. The largest absolute Gasteiger partial charge is 0.497 e. The van der Waals surface area contributed by atoms with Crippen LogP contribution in [0.3, 0.4) is 0 Å². The molecule has 20 heavy (non-hydrogen) atoms. The van der Waals surface area contributed by atoms with Gasteiger partial charge in [0, 0.05) is 18.2 Å². The second-order valence-electron chi connectivity index (χ2n) is 5.03. The Morgan fingerprint density at radius 2 is 2.20 bits per heavy atom. The molecule has 3 nitrogen and oxygen atoms in total. The minimum absolute atomic E-state index is 0.704. The van der Waals surface area contributed by atoms with E-state index in [1.807, 2.05) is 23.9 Å². The second-order valence-corrected chi connectivity index (χ2v) is 6.42. The lowest BCUT2D eigenvalue weighted by molar-refractivity contribution is 0.313. The van der Waals surface area contributed by atoms with Crippen LogP contribution in [-0.2, 0) is 6.54 Å². The monoisotopic (exact) mass is 295 g/mol. The van der Waals surface area contributed by atoms with Gasteiger partial charge >= 0.3 is 0 Å². The molecule has 1 saturated carbocycles. The first kappa shape index (κ1) is 15.5. The van der Waals surface area contributed by atoms with E-state index in [0.717, 1.165) is 31.1 Å². The Kier molecular flexibility index (Phi) is 6.54. The van der Waals surface area contributed by atoms with Crippen molar-refractivity contribution in [2.75, 3.05) is 25.2 Å². The Morgan fingerprint density at radius 3 is 2.90 bits per heavy atom. The number of rotatable bonds is 10. The molecule has 0 heterocycles. The minimum atomic E-state index is 0.704. The maximum atomic E-state index is 5.93. The summed E-state index contributed by atoms with van der Waals surface area (Å²) in [6.45, 7) is 3.84. The molecular weight excluding hydrogens is 270 g/mol. The summed E-state index contributed by atoms with van der Waals surface area (Å²) in [5.74, 6) is 4.23. The number of hydrogen-bond donors (Lipinski definition) is 1. The van der Waals surface area contributed by atoms with Gasteiger partial charge in [0.05, 0.1) is 13.7 Å². The Balaban J connectivity index is 1.87. The molecule has 112 valence electrons. The Labute approximate surface area is 126 Å². The van der Waals surface area contributed by atoms with Gasteiger partial charge in [-0.2, -0.15) is 11.8 Å². The Bertz CT molecular complexity index is 407. The van der Waals surface area contributed by atoms with Crippen LogP contribution in [0.5, 0.6) is 11.5 Å². The van der Waals surface area contributed by atoms with Crippen molar-refractivity contribution >= 4 is 11.8 Å². The first-order valence-corrected chi connectivity index (χ1v) is 8.59. The predicted molar refractivity (Wildman–Crippen MR) is 86.0 cm³/mol. The molecule has 0 amide bonds. The molecule has 1 aromatic rings. The highest BCUT2D eigenvalue weighted by molar-refractivity contribution is 7.99. The van der Waals surface area contributed by atoms with Crippen LogP contribution in [0.2, 0.25) is 0 Å².